The van der Waals surface area contributed by atoms with E-state index in [4.69, 9.17) is 16.3 Å². The van der Waals surface area contributed by atoms with Crippen molar-refractivity contribution in [3.8, 4) is 5.75 Å². The molecule has 0 atom stereocenters. The van der Waals surface area contributed by atoms with Crippen molar-refractivity contribution in [3.63, 3.8) is 0 Å². The van der Waals surface area contributed by atoms with Crippen molar-refractivity contribution in [1.82, 2.24) is 0 Å². The van der Waals surface area contributed by atoms with Gasteiger partial charge in [0.15, 0.2) is 0 Å². The van der Waals surface area contributed by atoms with Crippen LogP contribution in [0, 0.1) is 0 Å². The van der Waals surface area contributed by atoms with Crippen LogP contribution in [0.4, 0.5) is 11.4 Å². The van der Waals surface area contributed by atoms with Crippen LogP contribution in [0.2, 0.25) is 5.02 Å². The number of anilines is 2. The molecule has 2 aromatic rings. The fourth-order valence-corrected chi connectivity index (χ4v) is 2.50. The number of halogens is 1. The molecule has 0 saturated heterocycles. The Kier molecular flexibility index (Phi) is 7.48. The minimum atomic E-state index is -0.323. The highest BCUT2D eigenvalue weighted by Gasteiger charge is 2.14. The van der Waals surface area contributed by atoms with E-state index in [-0.39, 0.29) is 11.8 Å². The standard InChI is InChI=1S/C20H23ClN2O3/c1-3-7-19(24)22-14-10-11-16(21)17(13-14)23-20(25)15-8-5-6-9-18(15)26-12-4-2/h5-6,8-11,13H,3-4,7,12H2,1-2H3,(H,22,24)(H,23,25). The highest BCUT2D eigenvalue weighted by Crippen LogP contribution is 2.27. The van der Waals surface area contributed by atoms with Gasteiger partial charge in [0, 0.05) is 12.1 Å². The van der Waals surface area contributed by atoms with E-state index in [0.29, 0.717) is 40.7 Å². The molecule has 0 spiro atoms. The van der Waals surface area contributed by atoms with Gasteiger partial charge in [-0.2, -0.15) is 0 Å². The highest BCUT2D eigenvalue weighted by molar-refractivity contribution is 6.34. The van der Waals surface area contributed by atoms with Crippen molar-refractivity contribution < 1.29 is 14.3 Å². The fourth-order valence-electron chi connectivity index (χ4n) is 2.33. The van der Waals surface area contributed by atoms with Crippen LogP contribution in [0.25, 0.3) is 0 Å². The number of nitrogens with one attached hydrogen (secondary N) is 2. The Balaban J connectivity index is 2.17. The second-order valence-corrected chi connectivity index (χ2v) is 6.20. The molecule has 0 aliphatic rings. The van der Waals surface area contributed by atoms with Crippen molar-refractivity contribution in [2.75, 3.05) is 17.2 Å². The van der Waals surface area contributed by atoms with Gasteiger partial charge in [0.25, 0.3) is 5.91 Å². The van der Waals surface area contributed by atoms with E-state index in [9.17, 15) is 9.59 Å². The molecule has 0 radical (unpaired) electrons. The second-order valence-electron chi connectivity index (χ2n) is 5.79. The van der Waals surface area contributed by atoms with Crippen LogP contribution in [-0.2, 0) is 4.79 Å². The molecule has 0 heterocycles. The van der Waals surface area contributed by atoms with E-state index in [0.717, 1.165) is 12.8 Å². The average Bonchev–Trinajstić information content (AvgIpc) is 2.63. The summed E-state index contributed by atoms with van der Waals surface area (Å²) in [5, 5.41) is 5.96. The van der Waals surface area contributed by atoms with Crippen molar-refractivity contribution in [1.29, 1.82) is 0 Å². The van der Waals surface area contributed by atoms with Crippen molar-refractivity contribution >= 4 is 34.8 Å². The van der Waals surface area contributed by atoms with Gasteiger partial charge in [0.1, 0.15) is 5.75 Å². The lowest BCUT2D eigenvalue weighted by Gasteiger charge is -2.13. The molecule has 0 saturated carbocycles. The summed E-state index contributed by atoms with van der Waals surface area (Å²) >= 11 is 6.19. The van der Waals surface area contributed by atoms with Crippen molar-refractivity contribution in [3.05, 3.63) is 53.1 Å². The third-order valence-corrected chi connectivity index (χ3v) is 3.90. The van der Waals surface area contributed by atoms with E-state index in [1.54, 1.807) is 36.4 Å². The van der Waals surface area contributed by atoms with Gasteiger partial charge in [-0.05, 0) is 43.2 Å². The van der Waals surface area contributed by atoms with Gasteiger partial charge in [0.05, 0.1) is 22.9 Å². The molecular formula is C20H23ClN2O3. The van der Waals surface area contributed by atoms with Gasteiger partial charge < -0.3 is 15.4 Å². The Morgan fingerprint density at radius 1 is 1.04 bits per heavy atom. The van der Waals surface area contributed by atoms with Crippen molar-refractivity contribution in [2.45, 2.75) is 33.1 Å². The zero-order valence-electron chi connectivity index (χ0n) is 15.0. The van der Waals surface area contributed by atoms with Crippen molar-refractivity contribution in [2.24, 2.45) is 0 Å². The zero-order chi connectivity index (χ0) is 18.9. The zero-order valence-corrected chi connectivity index (χ0v) is 15.7. The highest BCUT2D eigenvalue weighted by atomic mass is 35.5. The molecule has 0 aliphatic heterocycles. The maximum Gasteiger partial charge on any atom is 0.259 e. The number of ether oxygens (including phenoxy) is 1. The monoisotopic (exact) mass is 374 g/mol. The summed E-state index contributed by atoms with van der Waals surface area (Å²) in [5.41, 5.74) is 1.44. The first-order valence-corrected chi connectivity index (χ1v) is 9.05. The maximum atomic E-state index is 12.6. The summed E-state index contributed by atoms with van der Waals surface area (Å²) in [6.07, 6.45) is 2.05. The Morgan fingerprint density at radius 2 is 1.81 bits per heavy atom. The van der Waals surface area contributed by atoms with Crippen LogP contribution < -0.4 is 15.4 Å². The first kappa shape index (κ1) is 19.8. The lowest BCUT2D eigenvalue weighted by molar-refractivity contribution is -0.116. The van der Waals surface area contributed by atoms with Gasteiger partial charge in [-0.3, -0.25) is 9.59 Å². The minimum absolute atomic E-state index is 0.0783. The second kappa shape index (κ2) is 9.82. The van der Waals surface area contributed by atoms with Crippen LogP contribution in [0.15, 0.2) is 42.5 Å². The van der Waals surface area contributed by atoms with E-state index >= 15 is 0 Å². The molecule has 2 aromatic carbocycles. The Morgan fingerprint density at radius 3 is 2.54 bits per heavy atom. The first-order chi connectivity index (χ1) is 12.5. The van der Waals surface area contributed by atoms with E-state index in [1.165, 1.54) is 0 Å². The predicted molar refractivity (Wildman–Crippen MR) is 105 cm³/mol. The molecule has 26 heavy (non-hydrogen) atoms. The predicted octanol–water partition coefficient (Wildman–Crippen LogP) is 5.12. The number of carbonyl (C=O) groups is 2. The number of hydrogen-bond donors (Lipinski definition) is 2. The summed E-state index contributed by atoms with van der Waals surface area (Å²) < 4.78 is 5.63. The summed E-state index contributed by atoms with van der Waals surface area (Å²) in [4.78, 5) is 24.4. The molecule has 0 unspecified atom stereocenters. The molecule has 0 bridgehead atoms. The van der Waals surface area contributed by atoms with Gasteiger partial charge in [-0.1, -0.05) is 37.6 Å². The van der Waals surface area contributed by atoms with E-state index < -0.39 is 0 Å². The van der Waals surface area contributed by atoms with Gasteiger partial charge in [-0.15, -0.1) is 0 Å². The molecule has 0 fully saturated rings. The molecule has 5 nitrogen and oxygen atoms in total. The molecule has 2 amide bonds. The van der Waals surface area contributed by atoms with Gasteiger partial charge in [-0.25, -0.2) is 0 Å². The van der Waals surface area contributed by atoms with Crippen LogP contribution in [0.3, 0.4) is 0 Å². The molecule has 138 valence electrons. The smallest absolute Gasteiger partial charge is 0.259 e. The third-order valence-electron chi connectivity index (χ3n) is 3.57. The Bertz CT molecular complexity index is 777. The quantitative estimate of drug-likeness (QED) is 0.673. The summed E-state index contributed by atoms with van der Waals surface area (Å²) in [5.74, 6) is 0.122. The molecule has 0 aromatic heterocycles. The van der Waals surface area contributed by atoms with Gasteiger partial charge in [0.2, 0.25) is 5.91 Å². The summed E-state index contributed by atoms with van der Waals surface area (Å²) in [7, 11) is 0. The normalized spacial score (nSPS) is 10.3. The van der Waals surface area contributed by atoms with E-state index in [2.05, 4.69) is 10.6 Å². The topological polar surface area (TPSA) is 67.4 Å². The lowest BCUT2D eigenvalue weighted by Crippen LogP contribution is -2.15. The molecular weight excluding hydrogens is 352 g/mol. The number of hydrogen-bond acceptors (Lipinski definition) is 3. The average molecular weight is 375 g/mol. The Labute approximate surface area is 158 Å². The lowest BCUT2D eigenvalue weighted by atomic mass is 10.1. The molecule has 6 heteroatoms. The summed E-state index contributed by atoms with van der Waals surface area (Å²) in [6.45, 7) is 4.47. The van der Waals surface area contributed by atoms with Crippen LogP contribution in [0.1, 0.15) is 43.5 Å². The molecule has 2 N–H and O–H groups in total. The first-order valence-electron chi connectivity index (χ1n) is 8.67. The Hall–Kier alpha value is -2.53. The minimum Gasteiger partial charge on any atom is -0.493 e. The van der Waals surface area contributed by atoms with Crippen LogP contribution in [-0.4, -0.2) is 18.4 Å². The SMILES string of the molecule is CCCOc1ccccc1C(=O)Nc1cc(NC(=O)CCC)ccc1Cl. The number of rotatable bonds is 8. The number of para-hydroxylation sites is 1. The van der Waals surface area contributed by atoms with Crippen LogP contribution >= 0.6 is 11.6 Å². The summed E-state index contributed by atoms with van der Waals surface area (Å²) in [6, 6.07) is 12.0. The van der Waals surface area contributed by atoms with E-state index in [1.807, 2.05) is 19.9 Å². The van der Waals surface area contributed by atoms with Crippen LogP contribution in [0.5, 0.6) is 5.75 Å². The largest absolute Gasteiger partial charge is 0.493 e. The molecule has 0 aliphatic carbocycles. The fraction of sp³-hybridized carbons (Fsp3) is 0.300. The van der Waals surface area contributed by atoms with Gasteiger partial charge >= 0.3 is 0 Å². The number of benzene rings is 2. The maximum absolute atomic E-state index is 12.6. The third kappa shape index (κ3) is 5.49. The molecule has 2 rings (SSSR count). The number of carbonyl (C=O) groups excluding carboxylic acids is 2. The number of amides is 2.